The van der Waals surface area contributed by atoms with E-state index in [4.69, 9.17) is 0 Å². The zero-order valence-electron chi connectivity index (χ0n) is 9.09. The van der Waals surface area contributed by atoms with Crippen LogP contribution in [0.25, 0.3) is 0 Å². The largest absolute Gasteiger partial charge is 0.358 e. The molecule has 6 heteroatoms. The molecule has 0 saturated heterocycles. The van der Waals surface area contributed by atoms with Crippen LogP contribution in [0.2, 0.25) is 0 Å². The molecule has 1 rings (SSSR count). The van der Waals surface area contributed by atoms with Crippen LogP contribution in [0.1, 0.15) is 19.8 Å². The molecule has 0 aromatic carbocycles. The first-order chi connectivity index (χ1) is 5.36. The summed E-state index contributed by atoms with van der Waals surface area (Å²) >= 11 is 0. The summed E-state index contributed by atoms with van der Waals surface area (Å²) in [6.07, 6.45) is 8.57. The predicted octanol–water partition coefficient (Wildman–Crippen LogP) is 3.24. The third-order valence-electron chi connectivity index (χ3n) is 1.85. The van der Waals surface area contributed by atoms with E-state index in [0.717, 1.165) is 13.2 Å². The molecule has 0 radical (unpaired) electrons. The average Bonchev–Trinajstić information content (AvgIpc) is 2.48. The van der Waals surface area contributed by atoms with Gasteiger partial charge in [-0.15, -0.1) is 37.2 Å². The molecule has 15 heavy (non-hydrogen) atoms. The smallest absolute Gasteiger partial charge is 0.0935 e. The molecule has 0 unspecified atom stereocenters. The van der Waals surface area contributed by atoms with E-state index in [9.17, 15) is 0 Å². The van der Waals surface area contributed by atoms with Gasteiger partial charge in [0.05, 0.1) is 6.67 Å². The van der Waals surface area contributed by atoms with Gasteiger partial charge >= 0.3 is 0 Å². The van der Waals surface area contributed by atoms with Crippen LogP contribution in [-0.4, -0.2) is 23.0 Å². The van der Waals surface area contributed by atoms with Crippen molar-refractivity contribution in [2.24, 2.45) is 0 Å². The quantitative estimate of drug-likeness (QED) is 0.732. The van der Waals surface area contributed by atoms with Gasteiger partial charge in [0.1, 0.15) is 0 Å². The zero-order chi connectivity index (χ0) is 8.10. The molecular weight excluding hydrogens is 308 g/mol. The molecule has 0 aromatic rings. The predicted molar refractivity (Wildman–Crippen MR) is 69.4 cm³/mol. The number of unbranched alkanes of at least 4 members (excludes halogenated alkanes) is 1. The van der Waals surface area contributed by atoms with Crippen molar-refractivity contribution in [2.75, 3.05) is 13.2 Å². The summed E-state index contributed by atoms with van der Waals surface area (Å²) in [6.45, 7) is 8.06. The summed E-state index contributed by atoms with van der Waals surface area (Å²) in [5.74, 6) is 0. The molecule has 0 bridgehead atoms. The van der Waals surface area contributed by atoms with Gasteiger partial charge in [-0.3, -0.25) is 0 Å². The Morgan fingerprint density at radius 2 is 1.87 bits per heavy atom. The van der Waals surface area contributed by atoms with Crippen LogP contribution in [0.3, 0.4) is 0 Å². The van der Waals surface area contributed by atoms with E-state index in [2.05, 4.69) is 35.7 Å². The van der Waals surface area contributed by atoms with Gasteiger partial charge in [0.2, 0.25) is 0 Å². The van der Waals surface area contributed by atoms with Gasteiger partial charge in [0, 0.05) is 38.4 Å². The van der Waals surface area contributed by atoms with Crippen LogP contribution in [-0.2, 0) is 19.5 Å². The van der Waals surface area contributed by atoms with E-state index in [1.807, 2.05) is 6.20 Å². The maximum absolute atomic E-state index is 3.71. The van der Waals surface area contributed by atoms with Gasteiger partial charge in [-0.1, -0.05) is 19.9 Å². The van der Waals surface area contributed by atoms with Crippen molar-refractivity contribution in [1.29, 1.82) is 0 Å². The Labute approximate surface area is 124 Å². The molecule has 0 atom stereocenters. The molecule has 1 heterocycles. The molecule has 0 saturated carbocycles. The molecular formula is C9H19Cl3N2Zn. The minimum Gasteiger partial charge on any atom is -0.358 e. The summed E-state index contributed by atoms with van der Waals surface area (Å²) in [5, 5.41) is 0. The van der Waals surface area contributed by atoms with Gasteiger partial charge in [-0.25, -0.2) is 0 Å². The zero-order valence-corrected chi connectivity index (χ0v) is 14.5. The molecule has 2 nitrogen and oxygen atoms in total. The normalized spacial score (nSPS) is 11.8. The average molecular weight is 327 g/mol. The Morgan fingerprint density at radius 3 is 2.27 bits per heavy atom. The molecule has 0 spiro atoms. The standard InChI is InChI=1S/C9H16N2.3ClH.Zn/c1-3-5-6-11-8-7-10(4-2)9-11;;;;/h4,7-8H,2-3,5-6,9H2,1H3;3*1H;. The van der Waals surface area contributed by atoms with Gasteiger partial charge in [-0.2, -0.15) is 0 Å². The first-order valence-electron chi connectivity index (χ1n) is 4.17. The monoisotopic (exact) mass is 324 g/mol. The number of rotatable bonds is 4. The Kier molecular flexibility index (Phi) is 24.0. The van der Waals surface area contributed by atoms with Crippen molar-refractivity contribution in [2.45, 2.75) is 19.8 Å². The van der Waals surface area contributed by atoms with Crippen molar-refractivity contribution >= 4 is 37.2 Å². The van der Waals surface area contributed by atoms with E-state index in [1.165, 1.54) is 12.8 Å². The molecule has 1 aliphatic heterocycles. The molecule has 0 aliphatic carbocycles. The summed E-state index contributed by atoms with van der Waals surface area (Å²) < 4.78 is 0. The molecule has 1 aliphatic rings. The van der Waals surface area contributed by atoms with Crippen molar-refractivity contribution in [3.63, 3.8) is 0 Å². The van der Waals surface area contributed by atoms with Crippen LogP contribution in [0, 0.1) is 0 Å². The fourth-order valence-electron chi connectivity index (χ4n) is 1.11. The van der Waals surface area contributed by atoms with Crippen LogP contribution < -0.4 is 0 Å². The summed E-state index contributed by atoms with van der Waals surface area (Å²) in [5.41, 5.74) is 0. The Bertz CT molecular complexity index is 167. The second kappa shape index (κ2) is 14.6. The van der Waals surface area contributed by atoms with E-state index < -0.39 is 0 Å². The summed E-state index contributed by atoms with van der Waals surface area (Å²) in [4.78, 5) is 4.38. The maximum Gasteiger partial charge on any atom is 0.0935 e. The van der Waals surface area contributed by atoms with E-state index >= 15 is 0 Å². The Morgan fingerprint density at radius 1 is 1.27 bits per heavy atom. The van der Waals surface area contributed by atoms with Crippen molar-refractivity contribution in [3.8, 4) is 0 Å². The summed E-state index contributed by atoms with van der Waals surface area (Å²) in [6, 6.07) is 0. The van der Waals surface area contributed by atoms with Gasteiger partial charge < -0.3 is 9.80 Å². The maximum atomic E-state index is 3.71. The van der Waals surface area contributed by atoms with Crippen molar-refractivity contribution < 1.29 is 19.5 Å². The third-order valence-corrected chi connectivity index (χ3v) is 1.85. The van der Waals surface area contributed by atoms with Crippen LogP contribution in [0.4, 0.5) is 0 Å². The SMILES string of the molecule is C=CN1C=CN(CCCC)C1.Cl.Cl.Cl.[Zn]. The molecule has 0 aromatic heterocycles. The Balaban J connectivity index is -0.000000151. The van der Waals surface area contributed by atoms with E-state index in [0.29, 0.717) is 0 Å². The van der Waals surface area contributed by atoms with Gasteiger partial charge in [0.25, 0.3) is 0 Å². The fraction of sp³-hybridized carbons (Fsp3) is 0.556. The molecule has 88 valence electrons. The number of halogens is 3. The minimum atomic E-state index is 0. The first-order valence-corrected chi connectivity index (χ1v) is 4.17. The number of nitrogens with zero attached hydrogens (tertiary/aromatic N) is 2. The number of hydrogen-bond acceptors (Lipinski definition) is 2. The van der Waals surface area contributed by atoms with Gasteiger partial charge in [0.15, 0.2) is 0 Å². The van der Waals surface area contributed by atoms with Crippen molar-refractivity contribution in [3.05, 3.63) is 25.2 Å². The molecule has 0 amide bonds. The fourth-order valence-corrected chi connectivity index (χ4v) is 1.11. The summed E-state index contributed by atoms with van der Waals surface area (Å²) in [7, 11) is 0. The van der Waals surface area contributed by atoms with Crippen LogP contribution >= 0.6 is 37.2 Å². The van der Waals surface area contributed by atoms with Gasteiger partial charge in [-0.05, 0) is 12.6 Å². The number of hydrogen-bond donors (Lipinski definition) is 0. The second-order valence-corrected chi connectivity index (χ2v) is 2.80. The topological polar surface area (TPSA) is 6.48 Å². The molecule has 0 fully saturated rings. The molecule has 0 N–H and O–H groups in total. The first kappa shape index (κ1) is 24.7. The van der Waals surface area contributed by atoms with Crippen molar-refractivity contribution in [1.82, 2.24) is 9.80 Å². The van der Waals surface area contributed by atoms with Crippen LogP contribution in [0.15, 0.2) is 25.2 Å². The third kappa shape index (κ3) is 9.50. The van der Waals surface area contributed by atoms with Crippen LogP contribution in [0.5, 0.6) is 0 Å². The Hall–Kier alpha value is 0.573. The minimum absolute atomic E-state index is 0. The van der Waals surface area contributed by atoms with E-state index in [-0.39, 0.29) is 56.7 Å². The van der Waals surface area contributed by atoms with E-state index in [1.54, 1.807) is 0 Å². The second-order valence-electron chi connectivity index (χ2n) is 2.80.